The lowest BCUT2D eigenvalue weighted by molar-refractivity contribution is -0.122. The van der Waals surface area contributed by atoms with Crippen LogP contribution in [0.4, 0.5) is 0 Å². The largest absolute Gasteiger partial charge is 0.315 e. The maximum absolute atomic E-state index is 10.8. The Morgan fingerprint density at radius 1 is 1.89 bits per heavy atom. The Morgan fingerprint density at radius 3 is 2.78 bits per heavy atom. The summed E-state index contributed by atoms with van der Waals surface area (Å²) in [4.78, 5) is 10.8. The molecule has 0 spiro atoms. The molecule has 1 unspecified atom stereocenters. The van der Waals surface area contributed by atoms with Gasteiger partial charge >= 0.3 is 0 Å². The lowest BCUT2D eigenvalue weighted by atomic mass is 10.3. The van der Waals surface area contributed by atoms with E-state index in [0.29, 0.717) is 12.5 Å². The first-order valence-electron chi connectivity index (χ1n) is 2.87. The standard InChI is InChI=1S/C5H9IN2O/c1-7-4-2-5(9)8(6)3-4/h4,7H,2-3H2,1H3. The van der Waals surface area contributed by atoms with Crippen LogP contribution < -0.4 is 5.32 Å². The lowest BCUT2D eigenvalue weighted by Gasteiger charge is -2.05. The summed E-state index contributed by atoms with van der Waals surface area (Å²) in [7, 11) is 1.88. The Hall–Kier alpha value is 0.160. The number of rotatable bonds is 1. The van der Waals surface area contributed by atoms with Gasteiger partial charge in [0.15, 0.2) is 0 Å². The molecule has 1 heterocycles. The topological polar surface area (TPSA) is 32.3 Å². The lowest BCUT2D eigenvalue weighted by Crippen LogP contribution is -2.26. The summed E-state index contributed by atoms with van der Waals surface area (Å²) < 4.78 is 1.72. The molecule has 52 valence electrons. The number of carbonyl (C=O) groups excluding carboxylic acids is 1. The van der Waals surface area contributed by atoms with E-state index in [0.717, 1.165) is 6.54 Å². The van der Waals surface area contributed by atoms with Gasteiger partial charge in [-0.1, -0.05) is 0 Å². The second-order valence-electron chi connectivity index (χ2n) is 2.13. The minimum atomic E-state index is 0.231. The van der Waals surface area contributed by atoms with Gasteiger partial charge in [-0.15, -0.1) is 0 Å². The average Bonchev–Trinajstić information content (AvgIpc) is 2.13. The van der Waals surface area contributed by atoms with Crippen LogP contribution in [0, 0.1) is 0 Å². The van der Waals surface area contributed by atoms with Gasteiger partial charge in [-0.05, 0) is 7.05 Å². The van der Waals surface area contributed by atoms with Gasteiger partial charge in [-0.2, -0.15) is 0 Å². The third-order valence-corrected chi connectivity index (χ3v) is 2.41. The van der Waals surface area contributed by atoms with E-state index < -0.39 is 0 Å². The first-order chi connectivity index (χ1) is 4.24. The first-order valence-corrected chi connectivity index (χ1v) is 3.84. The molecule has 9 heavy (non-hydrogen) atoms. The van der Waals surface area contributed by atoms with Crippen molar-refractivity contribution in [3.05, 3.63) is 0 Å². The SMILES string of the molecule is CNC1CC(=O)N(I)C1. The smallest absolute Gasteiger partial charge is 0.232 e. The number of nitrogens with one attached hydrogen (secondary N) is 1. The summed E-state index contributed by atoms with van der Waals surface area (Å²) in [6.07, 6.45) is 0.652. The molecule has 0 aromatic rings. The van der Waals surface area contributed by atoms with E-state index in [2.05, 4.69) is 5.32 Å². The third kappa shape index (κ3) is 1.54. The molecule has 1 fully saturated rings. The monoisotopic (exact) mass is 240 g/mol. The number of likely N-dealkylation sites (N-methyl/N-ethyl adjacent to an activating group) is 1. The van der Waals surface area contributed by atoms with Crippen LogP contribution in [0.5, 0.6) is 0 Å². The molecular formula is C5H9IN2O. The zero-order valence-electron chi connectivity index (χ0n) is 5.22. The molecule has 1 rings (SSSR count). The van der Waals surface area contributed by atoms with Crippen molar-refractivity contribution in [2.24, 2.45) is 0 Å². The molecule has 0 aromatic heterocycles. The van der Waals surface area contributed by atoms with Crippen molar-refractivity contribution in [2.75, 3.05) is 13.6 Å². The molecule has 4 heteroatoms. The van der Waals surface area contributed by atoms with Crippen molar-refractivity contribution in [1.29, 1.82) is 0 Å². The zero-order chi connectivity index (χ0) is 6.85. The Bertz CT molecular complexity index is 128. The quantitative estimate of drug-likeness (QED) is 0.523. The molecule has 0 aliphatic carbocycles. The molecule has 1 saturated heterocycles. The highest BCUT2D eigenvalue weighted by Crippen LogP contribution is 2.14. The summed E-state index contributed by atoms with van der Waals surface area (Å²) in [6, 6.07) is 0.370. The van der Waals surface area contributed by atoms with Crippen molar-refractivity contribution in [3.63, 3.8) is 0 Å². The number of hydrogen-bond acceptors (Lipinski definition) is 2. The molecular weight excluding hydrogens is 231 g/mol. The minimum absolute atomic E-state index is 0.231. The van der Waals surface area contributed by atoms with E-state index in [-0.39, 0.29) is 5.91 Å². The van der Waals surface area contributed by atoms with Crippen LogP contribution in [0.1, 0.15) is 6.42 Å². The number of nitrogens with zero attached hydrogens (tertiary/aromatic N) is 1. The molecule has 1 aliphatic heterocycles. The fourth-order valence-corrected chi connectivity index (χ4v) is 1.54. The van der Waals surface area contributed by atoms with Gasteiger partial charge in [0.05, 0.1) is 22.9 Å². The predicted molar refractivity (Wildman–Crippen MR) is 43.2 cm³/mol. The number of amides is 1. The van der Waals surface area contributed by atoms with Crippen LogP contribution in [0.15, 0.2) is 0 Å². The van der Waals surface area contributed by atoms with Crippen LogP contribution in [-0.2, 0) is 4.79 Å². The number of hydrogen-bond donors (Lipinski definition) is 1. The van der Waals surface area contributed by atoms with E-state index in [1.807, 2.05) is 29.9 Å². The van der Waals surface area contributed by atoms with Gasteiger partial charge < -0.3 is 5.32 Å². The normalized spacial score (nSPS) is 27.6. The van der Waals surface area contributed by atoms with Gasteiger partial charge in [0.25, 0.3) is 0 Å². The summed E-state index contributed by atoms with van der Waals surface area (Å²) in [5.74, 6) is 0.231. The summed E-state index contributed by atoms with van der Waals surface area (Å²) in [5.41, 5.74) is 0. The molecule has 3 nitrogen and oxygen atoms in total. The molecule has 1 aliphatic rings. The highest BCUT2D eigenvalue weighted by atomic mass is 127. The fraction of sp³-hybridized carbons (Fsp3) is 0.800. The van der Waals surface area contributed by atoms with Crippen LogP contribution in [0.3, 0.4) is 0 Å². The van der Waals surface area contributed by atoms with Crippen LogP contribution in [0.2, 0.25) is 0 Å². The molecule has 1 N–H and O–H groups in total. The van der Waals surface area contributed by atoms with Gasteiger partial charge in [0.2, 0.25) is 5.91 Å². The van der Waals surface area contributed by atoms with Gasteiger partial charge in [0, 0.05) is 19.0 Å². The number of carbonyl (C=O) groups is 1. The van der Waals surface area contributed by atoms with Crippen molar-refractivity contribution >= 4 is 28.8 Å². The summed E-state index contributed by atoms with van der Waals surface area (Å²) in [6.45, 7) is 0.843. The maximum Gasteiger partial charge on any atom is 0.232 e. The Kier molecular flexibility index (Phi) is 2.29. The highest BCUT2D eigenvalue weighted by molar-refractivity contribution is 14.1. The summed E-state index contributed by atoms with van der Waals surface area (Å²) >= 11 is 2.04. The van der Waals surface area contributed by atoms with E-state index >= 15 is 0 Å². The molecule has 0 aromatic carbocycles. The van der Waals surface area contributed by atoms with E-state index in [4.69, 9.17) is 0 Å². The third-order valence-electron chi connectivity index (χ3n) is 1.48. The van der Waals surface area contributed by atoms with Crippen LogP contribution in [0.25, 0.3) is 0 Å². The highest BCUT2D eigenvalue weighted by Gasteiger charge is 2.26. The second kappa shape index (κ2) is 2.83. The van der Waals surface area contributed by atoms with E-state index in [1.165, 1.54) is 0 Å². The second-order valence-corrected chi connectivity index (χ2v) is 3.29. The molecule has 0 saturated carbocycles. The van der Waals surface area contributed by atoms with E-state index in [9.17, 15) is 4.79 Å². The van der Waals surface area contributed by atoms with Crippen molar-refractivity contribution < 1.29 is 4.79 Å². The predicted octanol–water partition coefficient (Wildman–Crippen LogP) is 0.157. The van der Waals surface area contributed by atoms with Crippen molar-refractivity contribution in [3.8, 4) is 0 Å². The van der Waals surface area contributed by atoms with Crippen molar-refractivity contribution in [2.45, 2.75) is 12.5 Å². The Morgan fingerprint density at radius 2 is 2.56 bits per heavy atom. The Balaban J connectivity index is 2.44. The zero-order valence-corrected chi connectivity index (χ0v) is 7.38. The maximum atomic E-state index is 10.8. The van der Waals surface area contributed by atoms with Gasteiger partial charge in [-0.3, -0.25) is 7.91 Å². The first kappa shape index (κ1) is 7.27. The Labute approximate surface area is 68.3 Å². The average molecular weight is 240 g/mol. The molecule has 0 radical (unpaired) electrons. The minimum Gasteiger partial charge on any atom is -0.315 e. The van der Waals surface area contributed by atoms with Crippen LogP contribution in [-0.4, -0.2) is 28.7 Å². The van der Waals surface area contributed by atoms with Crippen molar-refractivity contribution in [1.82, 2.24) is 8.43 Å². The number of halogens is 1. The van der Waals surface area contributed by atoms with E-state index in [1.54, 1.807) is 3.11 Å². The molecule has 1 atom stereocenters. The van der Waals surface area contributed by atoms with Crippen LogP contribution >= 0.6 is 22.9 Å². The fourth-order valence-electron chi connectivity index (χ4n) is 0.863. The molecule has 0 bridgehead atoms. The molecule has 1 amide bonds. The summed E-state index contributed by atoms with van der Waals surface area (Å²) in [5, 5.41) is 3.06. The van der Waals surface area contributed by atoms with Gasteiger partial charge in [0.1, 0.15) is 0 Å². The van der Waals surface area contributed by atoms with Gasteiger partial charge in [-0.25, -0.2) is 0 Å².